The highest BCUT2D eigenvalue weighted by molar-refractivity contribution is 6.10. The molecular formula is C17H14F2N2O2. The fraction of sp³-hybridized carbons (Fsp3) is 0.176. The van der Waals surface area contributed by atoms with Crippen LogP contribution in [0.2, 0.25) is 0 Å². The van der Waals surface area contributed by atoms with Crippen molar-refractivity contribution in [1.82, 2.24) is 0 Å². The second-order valence-corrected chi connectivity index (χ2v) is 5.36. The van der Waals surface area contributed by atoms with Gasteiger partial charge in [-0.25, -0.2) is 8.78 Å². The van der Waals surface area contributed by atoms with E-state index in [0.717, 1.165) is 12.1 Å². The third-order valence-electron chi connectivity index (χ3n) is 3.74. The molecule has 1 aliphatic rings. The maximum absolute atomic E-state index is 13.5. The van der Waals surface area contributed by atoms with E-state index in [-0.39, 0.29) is 29.6 Å². The summed E-state index contributed by atoms with van der Waals surface area (Å²) >= 11 is 0. The average molecular weight is 316 g/mol. The Hall–Kier alpha value is -2.76. The van der Waals surface area contributed by atoms with Gasteiger partial charge in [-0.2, -0.15) is 0 Å². The molecule has 0 fully saturated rings. The Bertz CT molecular complexity index is 778. The predicted molar refractivity (Wildman–Crippen MR) is 82.6 cm³/mol. The molecule has 6 heteroatoms. The minimum Gasteiger partial charge on any atom is -0.372 e. The van der Waals surface area contributed by atoms with E-state index in [9.17, 15) is 18.4 Å². The van der Waals surface area contributed by atoms with E-state index >= 15 is 0 Å². The molecule has 23 heavy (non-hydrogen) atoms. The standard InChI is InChI=1S/C17H14F2N2O2/c1-10-17(23)21(9-16(22)11-5-3-2-4-6-11)15-8-13(19)12(18)7-14(15)20-10/h2-8,10,20H,9H2,1H3. The summed E-state index contributed by atoms with van der Waals surface area (Å²) < 4.78 is 26.9. The van der Waals surface area contributed by atoms with Crippen LogP contribution in [0.4, 0.5) is 20.2 Å². The Labute approximate surface area is 131 Å². The molecule has 2 aromatic rings. The second kappa shape index (κ2) is 5.79. The van der Waals surface area contributed by atoms with Gasteiger partial charge >= 0.3 is 0 Å². The Kier molecular flexibility index (Phi) is 3.82. The molecule has 2 aromatic carbocycles. The molecule has 0 saturated heterocycles. The van der Waals surface area contributed by atoms with E-state index in [1.54, 1.807) is 37.3 Å². The van der Waals surface area contributed by atoms with Gasteiger partial charge in [-0.15, -0.1) is 0 Å². The van der Waals surface area contributed by atoms with Crippen LogP contribution in [-0.2, 0) is 4.79 Å². The van der Waals surface area contributed by atoms with Crippen LogP contribution in [-0.4, -0.2) is 24.3 Å². The van der Waals surface area contributed by atoms with Gasteiger partial charge < -0.3 is 10.2 Å². The fourth-order valence-electron chi connectivity index (χ4n) is 2.54. The third kappa shape index (κ3) is 2.79. The summed E-state index contributed by atoms with van der Waals surface area (Å²) in [6.45, 7) is 1.37. The summed E-state index contributed by atoms with van der Waals surface area (Å²) in [6, 6.07) is 9.80. The van der Waals surface area contributed by atoms with Gasteiger partial charge in [0.15, 0.2) is 17.4 Å². The number of amides is 1. The summed E-state index contributed by atoms with van der Waals surface area (Å²) in [5.74, 6) is -2.71. The number of carbonyl (C=O) groups is 2. The van der Waals surface area contributed by atoms with Gasteiger partial charge in [0.05, 0.1) is 17.9 Å². The largest absolute Gasteiger partial charge is 0.372 e. The Morgan fingerprint density at radius 2 is 1.83 bits per heavy atom. The zero-order valence-corrected chi connectivity index (χ0v) is 12.3. The van der Waals surface area contributed by atoms with Gasteiger partial charge in [0.25, 0.3) is 0 Å². The first-order valence-electron chi connectivity index (χ1n) is 7.12. The first-order valence-corrected chi connectivity index (χ1v) is 7.12. The number of fused-ring (bicyclic) bond motifs is 1. The number of anilines is 2. The molecule has 1 N–H and O–H groups in total. The second-order valence-electron chi connectivity index (χ2n) is 5.36. The number of carbonyl (C=O) groups excluding carboxylic acids is 2. The molecule has 1 unspecified atom stereocenters. The highest BCUT2D eigenvalue weighted by Crippen LogP contribution is 2.33. The molecule has 1 aliphatic heterocycles. The molecule has 0 bridgehead atoms. The van der Waals surface area contributed by atoms with Crippen LogP contribution in [0, 0.1) is 11.6 Å². The molecule has 1 heterocycles. The first-order chi connectivity index (χ1) is 11.0. The zero-order valence-electron chi connectivity index (χ0n) is 12.3. The highest BCUT2D eigenvalue weighted by Gasteiger charge is 2.32. The van der Waals surface area contributed by atoms with Gasteiger partial charge in [0, 0.05) is 17.7 Å². The van der Waals surface area contributed by atoms with E-state index in [4.69, 9.17) is 0 Å². The van der Waals surface area contributed by atoms with Gasteiger partial charge in [-0.05, 0) is 6.92 Å². The highest BCUT2D eigenvalue weighted by atomic mass is 19.2. The molecule has 4 nitrogen and oxygen atoms in total. The van der Waals surface area contributed by atoms with Crippen LogP contribution in [0.25, 0.3) is 0 Å². The molecule has 0 radical (unpaired) electrons. The number of Topliss-reactive ketones (excluding diaryl/α,β-unsaturated/α-hetero) is 1. The van der Waals surface area contributed by atoms with Crippen molar-refractivity contribution in [3.63, 3.8) is 0 Å². The van der Waals surface area contributed by atoms with Crippen molar-refractivity contribution >= 4 is 23.1 Å². The molecule has 3 rings (SSSR count). The summed E-state index contributed by atoms with van der Waals surface area (Å²) in [5, 5.41) is 2.81. The maximum Gasteiger partial charge on any atom is 0.249 e. The lowest BCUT2D eigenvalue weighted by molar-refractivity contribution is -0.119. The Balaban J connectivity index is 1.97. The SMILES string of the molecule is CC1Nc2cc(F)c(F)cc2N(CC(=O)c2ccccc2)C1=O. The van der Waals surface area contributed by atoms with Crippen molar-refractivity contribution in [3.8, 4) is 0 Å². The van der Waals surface area contributed by atoms with Crippen molar-refractivity contribution in [2.75, 3.05) is 16.8 Å². The van der Waals surface area contributed by atoms with Crippen LogP contribution >= 0.6 is 0 Å². The number of nitrogens with zero attached hydrogens (tertiary/aromatic N) is 1. The Morgan fingerprint density at radius 1 is 1.17 bits per heavy atom. The monoisotopic (exact) mass is 316 g/mol. The lowest BCUT2D eigenvalue weighted by Crippen LogP contribution is -2.48. The number of hydrogen-bond donors (Lipinski definition) is 1. The number of benzene rings is 2. The van der Waals surface area contributed by atoms with Crippen LogP contribution in [0.3, 0.4) is 0 Å². The molecule has 0 aliphatic carbocycles. The van der Waals surface area contributed by atoms with Crippen molar-refractivity contribution in [1.29, 1.82) is 0 Å². The number of hydrogen-bond acceptors (Lipinski definition) is 3. The van der Waals surface area contributed by atoms with E-state index in [0.29, 0.717) is 5.56 Å². The fourth-order valence-corrected chi connectivity index (χ4v) is 2.54. The molecule has 0 spiro atoms. The zero-order chi connectivity index (χ0) is 16.6. The minimum atomic E-state index is -1.06. The lowest BCUT2D eigenvalue weighted by atomic mass is 10.1. The topological polar surface area (TPSA) is 49.4 Å². The van der Waals surface area contributed by atoms with Crippen LogP contribution < -0.4 is 10.2 Å². The van der Waals surface area contributed by atoms with Gasteiger partial charge in [0.1, 0.15) is 6.04 Å². The maximum atomic E-state index is 13.5. The van der Waals surface area contributed by atoms with Crippen molar-refractivity contribution < 1.29 is 18.4 Å². The van der Waals surface area contributed by atoms with Crippen LogP contribution in [0.5, 0.6) is 0 Å². The van der Waals surface area contributed by atoms with E-state index in [2.05, 4.69) is 5.32 Å². The smallest absolute Gasteiger partial charge is 0.249 e. The van der Waals surface area contributed by atoms with Crippen LogP contribution in [0.15, 0.2) is 42.5 Å². The van der Waals surface area contributed by atoms with E-state index in [1.807, 2.05) is 0 Å². The van der Waals surface area contributed by atoms with Gasteiger partial charge in [-0.3, -0.25) is 9.59 Å². The number of nitrogens with one attached hydrogen (secondary N) is 1. The molecule has 118 valence electrons. The molecule has 0 saturated carbocycles. The van der Waals surface area contributed by atoms with E-state index < -0.39 is 17.7 Å². The summed E-state index contributed by atoms with van der Waals surface area (Å²) in [5.41, 5.74) is 0.906. The predicted octanol–water partition coefficient (Wildman–Crippen LogP) is 2.99. The molecule has 1 amide bonds. The molecule has 1 atom stereocenters. The number of ketones is 1. The van der Waals surface area contributed by atoms with Crippen molar-refractivity contribution in [2.45, 2.75) is 13.0 Å². The van der Waals surface area contributed by atoms with Crippen molar-refractivity contribution in [2.24, 2.45) is 0 Å². The third-order valence-corrected chi connectivity index (χ3v) is 3.74. The summed E-state index contributed by atoms with van der Waals surface area (Å²) in [7, 11) is 0. The normalized spacial score (nSPS) is 16.7. The molecule has 0 aromatic heterocycles. The summed E-state index contributed by atoms with van der Waals surface area (Å²) in [4.78, 5) is 25.9. The Morgan fingerprint density at radius 3 is 2.52 bits per heavy atom. The number of rotatable bonds is 3. The van der Waals surface area contributed by atoms with E-state index in [1.165, 1.54) is 4.90 Å². The quantitative estimate of drug-likeness (QED) is 0.886. The lowest BCUT2D eigenvalue weighted by Gasteiger charge is -2.33. The average Bonchev–Trinajstić information content (AvgIpc) is 2.54. The van der Waals surface area contributed by atoms with Gasteiger partial charge in [-0.1, -0.05) is 30.3 Å². The summed E-state index contributed by atoms with van der Waals surface area (Å²) in [6.07, 6.45) is 0. The minimum absolute atomic E-state index is 0.163. The molecular weight excluding hydrogens is 302 g/mol. The van der Waals surface area contributed by atoms with Crippen molar-refractivity contribution in [3.05, 3.63) is 59.7 Å². The first kappa shape index (κ1) is 15.1. The van der Waals surface area contributed by atoms with Gasteiger partial charge in [0.2, 0.25) is 5.91 Å². The number of halogens is 2. The van der Waals surface area contributed by atoms with Crippen LogP contribution in [0.1, 0.15) is 17.3 Å².